The lowest BCUT2D eigenvalue weighted by molar-refractivity contribution is -0.148. The van der Waals surface area contributed by atoms with E-state index in [1.807, 2.05) is 13.0 Å². The van der Waals surface area contributed by atoms with Gasteiger partial charge in [-0.1, -0.05) is 38.1 Å². The van der Waals surface area contributed by atoms with Crippen molar-refractivity contribution in [2.45, 2.75) is 88.4 Å². The number of piperidine rings is 1. The zero-order chi connectivity index (χ0) is 29.4. The molecule has 2 fully saturated rings. The van der Waals surface area contributed by atoms with E-state index >= 15 is 0 Å². The fraction of sp³-hybridized carbons (Fsp3) is 0.529. The highest BCUT2D eigenvalue weighted by molar-refractivity contribution is 5.89. The van der Waals surface area contributed by atoms with Crippen LogP contribution in [-0.4, -0.2) is 64.2 Å². The van der Waals surface area contributed by atoms with Crippen molar-refractivity contribution in [1.29, 1.82) is 0 Å². The summed E-state index contributed by atoms with van der Waals surface area (Å²) in [6, 6.07) is 10.6. The number of aromatic amines is 1. The van der Waals surface area contributed by atoms with E-state index in [1.54, 1.807) is 6.07 Å². The van der Waals surface area contributed by atoms with Crippen molar-refractivity contribution in [3.8, 4) is 11.5 Å². The third-order valence-electron chi connectivity index (χ3n) is 11.0. The first-order valence-corrected chi connectivity index (χ1v) is 15.5. The molecule has 5 atom stereocenters. The number of Topliss-reactive ketones (excluding diaryl/α,β-unsaturated/α-hetero) is 1. The molecule has 3 N–H and O–H groups in total. The summed E-state index contributed by atoms with van der Waals surface area (Å²) in [7, 11) is 2.20. The van der Waals surface area contributed by atoms with Crippen molar-refractivity contribution >= 4 is 22.7 Å². The number of aliphatic carboxylic acids is 1. The number of phenols is 1. The summed E-state index contributed by atoms with van der Waals surface area (Å²) in [6.45, 7) is 5.71. The Morgan fingerprint density at radius 2 is 2.02 bits per heavy atom. The highest BCUT2D eigenvalue weighted by Crippen LogP contribution is 2.62. The van der Waals surface area contributed by atoms with E-state index in [-0.39, 0.29) is 29.5 Å². The lowest BCUT2D eigenvalue weighted by atomic mass is 9.52. The Bertz CT molecular complexity index is 1590. The number of aromatic hydroxyl groups is 1. The predicted molar refractivity (Wildman–Crippen MR) is 158 cm³/mol. The molecule has 1 saturated carbocycles. The number of nitrogens with one attached hydrogen (secondary N) is 1. The number of rotatable bonds is 4. The van der Waals surface area contributed by atoms with Gasteiger partial charge in [-0.25, -0.2) is 0 Å². The molecule has 2 aromatic carbocycles. The minimum absolute atomic E-state index is 0.00474. The van der Waals surface area contributed by atoms with Gasteiger partial charge in [0.25, 0.3) is 0 Å². The van der Waals surface area contributed by atoms with Gasteiger partial charge in [-0.2, -0.15) is 0 Å². The average Bonchev–Trinajstić information content (AvgIpc) is 3.55. The number of nitrogens with zero attached hydrogens (tertiary/aromatic N) is 1. The SMILES string of the molecule is CCc1cccc2c3c([nH]c12)C(CC)(CC(=O)O)OCC3.CN1CC[C@]23c4c5ccc(O)c4O[C@H]2C(=O)CC[C@H]3[C@H]1C5. The molecule has 1 saturated heterocycles. The van der Waals surface area contributed by atoms with Crippen molar-refractivity contribution in [2.75, 3.05) is 20.2 Å². The fourth-order valence-electron chi connectivity index (χ4n) is 9.01. The quantitative estimate of drug-likeness (QED) is 0.403. The van der Waals surface area contributed by atoms with Crippen LogP contribution < -0.4 is 4.74 Å². The maximum absolute atomic E-state index is 12.5. The lowest BCUT2D eigenvalue weighted by Crippen LogP contribution is -2.65. The molecule has 2 bridgehead atoms. The highest BCUT2D eigenvalue weighted by Gasteiger charge is 2.65. The van der Waals surface area contributed by atoms with Crippen LogP contribution in [-0.2, 0) is 44.6 Å². The van der Waals surface area contributed by atoms with Gasteiger partial charge in [-0.3, -0.25) is 9.59 Å². The molecule has 0 amide bonds. The third-order valence-corrected chi connectivity index (χ3v) is 11.0. The van der Waals surface area contributed by atoms with Crippen LogP contribution in [0.3, 0.4) is 0 Å². The van der Waals surface area contributed by atoms with Gasteiger partial charge in [0.05, 0.1) is 18.7 Å². The topological polar surface area (TPSA) is 112 Å². The maximum Gasteiger partial charge on any atom is 0.306 e. The molecule has 8 heteroatoms. The lowest BCUT2D eigenvalue weighted by Gasteiger charge is -2.57. The molecule has 3 aliphatic heterocycles. The van der Waals surface area contributed by atoms with Gasteiger partial charge in [0, 0.05) is 34.3 Å². The number of carbonyl (C=O) groups is 2. The minimum Gasteiger partial charge on any atom is -0.504 e. The average molecular weight is 573 g/mol. The first-order chi connectivity index (χ1) is 20.2. The van der Waals surface area contributed by atoms with E-state index < -0.39 is 11.6 Å². The Morgan fingerprint density at radius 1 is 1.19 bits per heavy atom. The Balaban J connectivity index is 0.000000137. The van der Waals surface area contributed by atoms with E-state index in [0.717, 1.165) is 55.4 Å². The van der Waals surface area contributed by atoms with Crippen molar-refractivity contribution in [3.05, 3.63) is 58.3 Å². The zero-order valence-electron chi connectivity index (χ0n) is 24.7. The number of H-pyrrole nitrogens is 1. The molecule has 0 radical (unpaired) electrons. The maximum atomic E-state index is 12.5. The standard InChI is InChI=1S/C17H19NO3.C17H21NO3/c1-18-7-6-17-10-3-5-13(20)16(17)21-15-12(19)4-2-9(14(15)17)8-11(10)18;1-3-11-6-5-7-12-13-8-9-21-17(4-2,10-14(19)20)16(13)18-15(11)12/h2,4,10-11,16,19H,3,5-8H2,1H3;5-7,18H,3-4,8-10H2,1-2H3,(H,19,20)/t10-,11+,16-,17-;/m0./s1. The van der Waals surface area contributed by atoms with Crippen LogP contribution in [0.2, 0.25) is 0 Å². The van der Waals surface area contributed by atoms with E-state index in [1.165, 1.54) is 22.1 Å². The number of benzene rings is 2. The van der Waals surface area contributed by atoms with Gasteiger partial charge < -0.3 is 29.6 Å². The molecule has 2 aliphatic carbocycles. The number of fused-ring (bicyclic) bond motifs is 3. The summed E-state index contributed by atoms with van der Waals surface area (Å²) in [6.07, 6.45) is 5.63. The number of likely N-dealkylation sites (N-methyl/N-ethyl adjacent to an activating group) is 1. The van der Waals surface area contributed by atoms with Crippen molar-refractivity contribution in [2.24, 2.45) is 5.92 Å². The van der Waals surface area contributed by atoms with Gasteiger partial charge in [0.1, 0.15) is 5.60 Å². The Labute approximate surface area is 246 Å². The molecule has 5 aliphatic rings. The normalized spacial score (nSPS) is 30.6. The molecule has 4 heterocycles. The number of likely N-dealkylation sites (tertiary alicyclic amines) is 1. The number of carboxylic acid groups (broad SMARTS) is 1. The zero-order valence-corrected chi connectivity index (χ0v) is 24.7. The first kappa shape index (κ1) is 27.5. The van der Waals surface area contributed by atoms with E-state index in [0.29, 0.717) is 37.2 Å². The Kier molecular flexibility index (Phi) is 6.44. The van der Waals surface area contributed by atoms with Gasteiger partial charge >= 0.3 is 5.97 Å². The summed E-state index contributed by atoms with van der Waals surface area (Å²) in [4.78, 5) is 29.7. The van der Waals surface area contributed by atoms with E-state index in [2.05, 4.69) is 42.1 Å². The largest absolute Gasteiger partial charge is 0.504 e. The van der Waals surface area contributed by atoms with Gasteiger partial charge in [0.2, 0.25) is 0 Å². The molecule has 1 spiro atoms. The van der Waals surface area contributed by atoms with Crippen LogP contribution in [0.25, 0.3) is 10.9 Å². The smallest absolute Gasteiger partial charge is 0.306 e. The molecule has 8 nitrogen and oxygen atoms in total. The van der Waals surface area contributed by atoms with Crippen LogP contribution in [0.15, 0.2) is 30.3 Å². The number of carboxylic acids is 1. The number of para-hydroxylation sites is 1. The third kappa shape index (κ3) is 3.73. The second kappa shape index (κ2) is 9.85. The van der Waals surface area contributed by atoms with E-state index in [9.17, 15) is 19.8 Å². The molecule has 42 heavy (non-hydrogen) atoms. The summed E-state index contributed by atoms with van der Waals surface area (Å²) >= 11 is 0. The van der Waals surface area contributed by atoms with Crippen molar-refractivity contribution in [3.63, 3.8) is 0 Å². The number of aromatic nitrogens is 1. The number of ether oxygens (including phenoxy) is 2. The summed E-state index contributed by atoms with van der Waals surface area (Å²) in [5.41, 5.74) is 6.14. The number of hydrogen-bond acceptors (Lipinski definition) is 6. The monoisotopic (exact) mass is 572 g/mol. The number of aryl methyl sites for hydroxylation is 1. The summed E-state index contributed by atoms with van der Waals surface area (Å²) < 4.78 is 12.0. The highest BCUT2D eigenvalue weighted by atomic mass is 16.5. The summed E-state index contributed by atoms with van der Waals surface area (Å²) in [5, 5.41) is 20.7. The number of phenolic OH excluding ortho intramolecular Hbond substituents is 1. The molecule has 1 aromatic heterocycles. The number of carbonyl (C=O) groups excluding carboxylic acids is 1. The van der Waals surface area contributed by atoms with Crippen molar-refractivity contribution < 1.29 is 29.3 Å². The van der Waals surface area contributed by atoms with Gasteiger partial charge in [-0.15, -0.1) is 0 Å². The van der Waals surface area contributed by atoms with Crippen LogP contribution >= 0.6 is 0 Å². The fourth-order valence-corrected chi connectivity index (χ4v) is 9.01. The van der Waals surface area contributed by atoms with Gasteiger partial charge in [0.15, 0.2) is 23.4 Å². The number of ketones is 1. The van der Waals surface area contributed by atoms with Crippen LogP contribution in [0.1, 0.15) is 73.9 Å². The summed E-state index contributed by atoms with van der Waals surface area (Å²) in [5.74, 6) is 0.675. The van der Waals surface area contributed by atoms with Gasteiger partial charge in [-0.05, 0) is 80.8 Å². The number of hydrogen-bond donors (Lipinski definition) is 3. The molecule has 1 unspecified atom stereocenters. The Hall–Kier alpha value is -3.36. The van der Waals surface area contributed by atoms with Crippen LogP contribution in [0.5, 0.6) is 11.5 Å². The second-order valence-corrected chi connectivity index (χ2v) is 12.8. The van der Waals surface area contributed by atoms with Crippen LogP contribution in [0, 0.1) is 5.92 Å². The molecular weight excluding hydrogens is 532 g/mol. The minimum atomic E-state index is -0.820. The van der Waals surface area contributed by atoms with Crippen molar-refractivity contribution in [1.82, 2.24) is 9.88 Å². The molecule has 3 aromatic rings. The predicted octanol–water partition coefficient (Wildman–Crippen LogP) is 5.01. The molecule has 222 valence electrons. The Morgan fingerprint density at radius 3 is 2.79 bits per heavy atom. The second-order valence-electron chi connectivity index (χ2n) is 12.8. The molecular formula is C34H40N2O6. The van der Waals surface area contributed by atoms with Crippen LogP contribution in [0.4, 0.5) is 0 Å². The molecule has 8 rings (SSSR count). The first-order valence-electron chi connectivity index (χ1n) is 15.5. The van der Waals surface area contributed by atoms with E-state index in [4.69, 9.17) is 9.47 Å².